The molecule has 0 aliphatic heterocycles. The number of esters is 2. The molecule has 1 N–H and O–H groups in total. The molecule has 50 heavy (non-hydrogen) atoms. The summed E-state index contributed by atoms with van der Waals surface area (Å²) in [6, 6.07) is 0. The molecule has 18 nitrogen and oxygen atoms in total. The van der Waals surface area contributed by atoms with E-state index in [1.54, 1.807) is 0 Å². The molecule has 0 fully saturated rings. The molecular formula is C32H56O18. The molecule has 0 unspecified atom stereocenters. The van der Waals surface area contributed by atoms with Gasteiger partial charge >= 0.3 is 17.9 Å². The number of carbonyl (C=O) groups is 4. The van der Waals surface area contributed by atoms with E-state index in [0.29, 0.717) is 139 Å². The number of carboxylic acids is 1. The number of Topliss-reactive ketones (excluding diaryl/α,β-unsaturated/α-hetero) is 1. The van der Waals surface area contributed by atoms with Gasteiger partial charge in [0.25, 0.3) is 0 Å². The zero-order valence-corrected chi connectivity index (χ0v) is 29.1. The number of ketones is 1. The first kappa shape index (κ1) is 47.4. The Bertz CT molecular complexity index is 827. The van der Waals surface area contributed by atoms with Gasteiger partial charge in [-0.1, -0.05) is 6.58 Å². The van der Waals surface area contributed by atoms with Crippen molar-refractivity contribution < 1.29 is 85.9 Å². The minimum Gasteiger partial charge on any atom is -0.476 e. The molecule has 0 aliphatic carbocycles. The molecule has 0 atom stereocenters. The monoisotopic (exact) mass is 728 g/mol. The van der Waals surface area contributed by atoms with E-state index in [0.717, 1.165) is 6.08 Å². The SMILES string of the molecule is C=CC(=O)OCCOCCOCCOCCOCCOCCOCCOCCOCCOCCOCCOCCOC(=O)CCC(=O)C(=O)O. The highest BCUT2D eigenvalue weighted by molar-refractivity contribution is 6.32. The van der Waals surface area contributed by atoms with Crippen molar-refractivity contribution in [2.45, 2.75) is 12.8 Å². The van der Waals surface area contributed by atoms with Crippen LogP contribution in [0, 0.1) is 0 Å². The normalized spacial score (nSPS) is 11.0. The third kappa shape index (κ3) is 38.2. The van der Waals surface area contributed by atoms with Crippen molar-refractivity contribution in [3.8, 4) is 0 Å². The van der Waals surface area contributed by atoms with Crippen LogP contribution in [0.1, 0.15) is 12.8 Å². The molecule has 0 aromatic heterocycles. The summed E-state index contributed by atoms with van der Waals surface area (Å²) in [5, 5.41) is 8.44. The predicted molar refractivity (Wildman–Crippen MR) is 173 cm³/mol. The van der Waals surface area contributed by atoms with E-state index in [1.807, 2.05) is 0 Å². The van der Waals surface area contributed by atoms with Crippen LogP contribution in [0.25, 0.3) is 0 Å². The van der Waals surface area contributed by atoms with Crippen molar-refractivity contribution in [3.63, 3.8) is 0 Å². The van der Waals surface area contributed by atoms with E-state index in [2.05, 4.69) is 6.58 Å². The smallest absolute Gasteiger partial charge is 0.372 e. The van der Waals surface area contributed by atoms with Crippen LogP contribution in [0.5, 0.6) is 0 Å². The van der Waals surface area contributed by atoms with Crippen LogP contribution in [-0.4, -0.2) is 187 Å². The number of carboxylic acid groups (broad SMARTS) is 1. The van der Waals surface area contributed by atoms with Gasteiger partial charge in [-0.3, -0.25) is 9.59 Å². The standard InChI is InChI=1S/C32H56O18/c1-2-30(34)49-27-25-47-23-21-45-19-17-43-15-13-41-11-9-39-7-5-38-6-8-40-10-12-42-14-16-44-18-20-46-22-24-48-26-28-50-31(35)4-3-29(33)32(36)37/h2H,1,3-28H2,(H,36,37). The number of hydrogen-bond acceptors (Lipinski definition) is 17. The lowest BCUT2D eigenvalue weighted by Crippen LogP contribution is -2.17. The quantitative estimate of drug-likeness (QED) is 0.0376. The summed E-state index contributed by atoms with van der Waals surface area (Å²) in [5.41, 5.74) is 0. The number of carbonyl (C=O) groups excluding carboxylic acids is 3. The van der Waals surface area contributed by atoms with Gasteiger partial charge in [0.05, 0.1) is 152 Å². The zero-order valence-electron chi connectivity index (χ0n) is 29.1. The Kier molecular flexibility index (Phi) is 37.1. The molecule has 292 valence electrons. The number of ether oxygens (including phenoxy) is 13. The van der Waals surface area contributed by atoms with Gasteiger partial charge in [0.15, 0.2) is 0 Å². The van der Waals surface area contributed by atoms with Gasteiger partial charge in [0, 0.05) is 12.5 Å². The first-order valence-corrected chi connectivity index (χ1v) is 16.5. The molecular weight excluding hydrogens is 672 g/mol. The minimum absolute atomic E-state index is 0.00817. The predicted octanol–water partition coefficient (Wildman–Crippen LogP) is -0.125. The molecule has 0 rings (SSSR count). The molecule has 0 heterocycles. The summed E-state index contributed by atoms with van der Waals surface area (Å²) in [6.07, 6.45) is 0.435. The Morgan fingerprint density at radius 1 is 0.380 bits per heavy atom. The van der Waals surface area contributed by atoms with E-state index < -0.39 is 30.1 Å². The van der Waals surface area contributed by atoms with E-state index in [-0.39, 0.29) is 26.2 Å². The maximum absolute atomic E-state index is 11.4. The zero-order chi connectivity index (χ0) is 36.6. The minimum atomic E-state index is -1.57. The third-order valence-electron chi connectivity index (χ3n) is 5.64. The Morgan fingerprint density at radius 3 is 0.860 bits per heavy atom. The second-order valence-electron chi connectivity index (χ2n) is 9.56. The van der Waals surface area contributed by atoms with Gasteiger partial charge in [-0.25, -0.2) is 9.59 Å². The molecule has 0 radical (unpaired) electrons. The van der Waals surface area contributed by atoms with Gasteiger partial charge in [0.1, 0.15) is 13.2 Å². The highest BCUT2D eigenvalue weighted by Crippen LogP contribution is 1.95. The maximum Gasteiger partial charge on any atom is 0.372 e. The Balaban J connectivity index is 3.13. The van der Waals surface area contributed by atoms with Crippen LogP contribution >= 0.6 is 0 Å². The average molecular weight is 729 g/mol. The third-order valence-corrected chi connectivity index (χ3v) is 5.64. The number of aliphatic carboxylic acids is 1. The summed E-state index contributed by atoms with van der Waals surface area (Å²) in [7, 11) is 0. The Morgan fingerprint density at radius 2 is 0.620 bits per heavy atom. The number of rotatable bonds is 41. The molecule has 0 amide bonds. The summed E-state index contributed by atoms with van der Waals surface area (Å²) < 4.78 is 68.9. The molecule has 0 saturated carbocycles. The lowest BCUT2D eigenvalue weighted by molar-refractivity contribution is -0.151. The fraction of sp³-hybridized carbons (Fsp3) is 0.812. The summed E-state index contributed by atoms with van der Waals surface area (Å²) in [5.74, 6) is -3.72. The number of hydrogen-bond donors (Lipinski definition) is 1. The van der Waals surface area contributed by atoms with Gasteiger partial charge in [-0.2, -0.15) is 0 Å². The van der Waals surface area contributed by atoms with Crippen LogP contribution in [-0.2, 0) is 80.8 Å². The lowest BCUT2D eigenvalue weighted by Gasteiger charge is -2.09. The Hall–Kier alpha value is -2.62. The van der Waals surface area contributed by atoms with Crippen molar-refractivity contribution >= 4 is 23.7 Å². The van der Waals surface area contributed by atoms with Gasteiger partial charge in [-0.15, -0.1) is 0 Å². The van der Waals surface area contributed by atoms with Crippen molar-refractivity contribution in [3.05, 3.63) is 12.7 Å². The molecule has 0 bridgehead atoms. The van der Waals surface area contributed by atoms with Crippen LogP contribution in [0.15, 0.2) is 12.7 Å². The summed E-state index contributed by atoms with van der Waals surface area (Å²) in [4.78, 5) is 43.5. The van der Waals surface area contributed by atoms with Crippen molar-refractivity contribution in [1.29, 1.82) is 0 Å². The second kappa shape index (κ2) is 39.2. The van der Waals surface area contributed by atoms with E-state index in [1.165, 1.54) is 0 Å². The van der Waals surface area contributed by atoms with Gasteiger partial charge in [-0.05, 0) is 0 Å². The fourth-order valence-corrected chi connectivity index (χ4v) is 3.17. The second-order valence-corrected chi connectivity index (χ2v) is 9.56. The highest BCUT2D eigenvalue weighted by atomic mass is 16.6. The van der Waals surface area contributed by atoms with Crippen molar-refractivity contribution in [2.75, 3.05) is 159 Å². The molecule has 0 aromatic carbocycles. The van der Waals surface area contributed by atoms with Gasteiger partial charge < -0.3 is 66.7 Å². The highest BCUT2D eigenvalue weighted by Gasteiger charge is 2.14. The van der Waals surface area contributed by atoms with Crippen molar-refractivity contribution in [1.82, 2.24) is 0 Å². The van der Waals surface area contributed by atoms with E-state index in [9.17, 15) is 19.2 Å². The van der Waals surface area contributed by atoms with Crippen LogP contribution in [0.2, 0.25) is 0 Å². The lowest BCUT2D eigenvalue weighted by atomic mass is 10.2. The molecule has 18 heteroatoms. The van der Waals surface area contributed by atoms with E-state index >= 15 is 0 Å². The van der Waals surface area contributed by atoms with Gasteiger partial charge in [0.2, 0.25) is 5.78 Å². The average Bonchev–Trinajstić information content (AvgIpc) is 3.11. The molecule has 0 aliphatic rings. The largest absolute Gasteiger partial charge is 0.476 e. The summed E-state index contributed by atoms with van der Waals surface area (Å²) in [6.45, 7) is 12.7. The topological polar surface area (TPSA) is 208 Å². The molecule has 0 saturated heterocycles. The van der Waals surface area contributed by atoms with Crippen molar-refractivity contribution in [2.24, 2.45) is 0 Å². The Labute approximate surface area is 293 Å². The van der Waals surface area contributed by atoms with Crippen LogP contribution < -0.4 is 0 Å². The van der Waals surface area contributed by atoms with Crippen LogP contribution in [0.4, 0.5) is 0 Å². The molecule has 0 aromatic rings. The van der Waals surface area contributed by atoms with Crippen LogP contribution in [0.3, 0.4) is 0 Å². The first-order chi connectivity index (χ1) is 24.5. The first-order valence-electron chi connectivity index (χ1n) is 16.5. The van der Waals surface area contributed by atoms with E-state index in [4.69, 9.17) is 66.7 Å². The maximum atomic E-state index is 11.4. The fourth-order valence-electron chi connectivity index (χ4n) is 3.17. The molecule has 0 spiro atoms. The summed E-state index contributed by atoms with van der Waals surface area (Å²) >= 11 is 0.